The van der Waals surface area contributed by atoms with Gasteiger partial charge in [-0.1, -0.05) is 30.3 Å². The van der Waals surface area contributed by atoms with E-state index in [4.69, 9.17) is 4.74 Å². The SMILES string of the molecule is CN(CCCNC1CCOC1)Cc1ccccc1. The highest BCUT2D eigenvalue weighted by Gasteiger charge is 2.13. The Kier molecular flexibility index (Phi) is 5.65. The van der Waals surface area contributed by atoms with Gasteiger partial charge in [-0.15, -0.1) is 0 Å². The van der Waals surface area contributed by atoms with Gasteiger partial charge in [0.2, 0.25) is 0 Å². The molecule has 0 bridgehead atoms. The van der Waals surface area contributed by atoms with E-state index < -0.39 is 0 Å². The van der Waals surface area contributed by atoms with Gasteiger partial charge in [0, 0.05) is 19.2 Å². The van der Waals surface area contributed by atoms with Crippen molar-refractivity contribution in [3.63, 3.8) is 0 Å². The number of nitrogens with zero attached hydrogens (tertiary/aromatic N) is 1. The zero-order valence-electron chi connectivity index (χ0n) is 11.3. The summed E-state index contributed by atoms with van der Waals surface area (Å²) in [6, 6.07) is 11.2. The second-order valence-corrected chi connectivity index (χ2v) is 5.09. The molecule has 1 aliphatic heterocycles. The molecule has 18 heavy (non-hydrogen) atoms. The fraction of sp³-hybridized carbons (Fsp3) is 0.600. The van der Waals surface area contributed by atoms with E-state index in [1.54, 1.807) is 0 Å². The molecule has 0 aromatic heterocycles. The topological polar surface area (TPSA) is 24.5 Å². The maximum Gasteiger partial charge on any atom is 0.0620 e. The van der Waals surface area contributed by atoms with E-state index in [-0.39, 0.29) is 0 Å². The first kappa shape index (κ1) is 13.5. The molecule has 0 radical (unpaired) electrons. The largest absolute Gasteiger partial charge is 0.380 e. The number of nitrogens with one attached hydrogen (secondary N) is 1. The summed E-state index contributed by atoms with van der Waals surface area (Å²) in [7, 11) is 2.19. The van der Waals surface area contributed by atoms with E-state index in [9.17, 15) is 0 Å². The van der Waals surface area contributed by atoms with Crippen molar-refractivity contribution in [2.24, 2.45) is 0 Å². The second kappa shape index (κ2) is 7.52. The molecule has 100 valence electrons. The highest BCUT2D eigenvalue weighted by molar-refractivity contribution is 5.14. The van der Waals surface area contributed by atoms with Gasteiger partial charge in [-0.05, 0) is 38.5 Å². The van der Waals surface area contributed by atoms with E-state index in [0.717, 1.165) is 32.8 Å². The molecule has 0 spiro atoms. The Morgan fingerprint density at radius 3 is 2.89 bits per heavy atom. The molecular formula is C15H24N2O. The molecular weight excluding hydrogens is 224 g/mol. The number of hydrogen-bond acceptors (Lipinski definition) is 3. The molecule has 1 heterocycles. The van der Waals surface area contributed by atoms with E-state index in [0.29, 0.717) is 6.04 Å². The Labute approximate surface area is 110 Å². The van der Waals surface area contributed by atoms with Crippen molar-refractivity contribution in [3.05, 3.63) is 35.9 Å². The summed E-state index contributed by atoms with van der Waals surface area (Å²) in [5, 5.41) is 3.55. The van der Waals surface area contributed by atoms with Crippen LogP contribution in [0.5, 0.6) is 0 Å². The minimum absolute atomic E-state index is 0.587. The zero-order chi connectivity index (χ0) is 12.6. The van der Waals surface area contributed by atoms with Crippen molar-refractivity contribution in [2.45, 2.75) is 25.4 Å². The van der Waals surface area contributed by atoms with Crippen LogP contribution in [-0.4, -0.2) is 44.3 Å². The maximum atomic E-state index is 5.34. The van der Waals surface area contributed by atoms with Crippen LogP contribution in [0.1, 0.15) is 18.4 Å². The van der Waals surface area contributed by atoms with Crippen molar-refractivity contribution in [3.8, 4) is 0 Å². The summed E-state index contributed by atoms with van der Waals surface area (Å²) >= 11 is 0. The quantitative estimate of drug-likeness (QED) is 0.746. The number of rotatable bonds is 7. The molecule has 3 heteroatoms. The maximum absolute atomic E-state index is 5.34. The third-order valence-electron chi connectivity index (χ3n) is 3.37. The normalized spacial score (nSPS) is 19.6. The van der Waals surface area contributed by atoms with Gasteiger partial charge in [-0.25, -0.2) is 0 Å². The van der Waals surface area contributed by atoms with Crippen LogP contribution in [0.25, 0.3) is 0 Å². The Balaban J connectivity index is 1.55. The van der Waals surface area contributed by atoms with Gasteiger partial charge in [0.1, 0.15) is 0 Å². The van der Waals surface area contributed by atoms with Crippen molar-refractivity contribution in [2.75, 3.05) is 33.4 Å². The van der Waals surface area contributed by atoms with Gasteiger partial charge in [0.05, 0.1) is 6.61 Å². The standard InChI is InChI=1S/C15H24N2O/c1-17(12-14-6-3-2-4-7-14)10-5-9-16-15-8-11-18-13-15/h2-4,6-7,15-16H,5,8-13H2,1H3. The third kappa shape index (κ3) is 4.77. The molecule has 1 atom stereocenters. The molecule has 1 N–H and O–H groups in total. The van der Waals surface area contributed by atoms with Crippen LogP contribution in [0.3, 0.4) is 0 Å². The van der Waals surface area contributed by atoms with Gasteiger partial charge < -0.3 is 15.0 Å². The minimum atomic E-state index is 0.587. The van der Waals surface area contributed by atoms with Crippen molar-refractivity contribution < 1.29 is 4.74 Å². The average Bonchev–Trinajstić information content (AvgIpc) is 2.89. The molecule has 0 aliphatic carbocycles. The first-order valence-electron chi connectivity index (χ1n) is 6.88. The summed E-state index contributed by atoms with van der Waals surface area (Å²) < 4.78 is 5.34. The van der Waals surface area contributed by atoms with Crippen LogP contribution < -0.4 is 5.32 Å². The lowest BCUT2D eigenvalue weighted by molar-refractivity contribution is 0.189. The van der Waals surface area contributed by atoms with Crippen molar-refractivity contribution in [1.82, 2.24) is 10.2 Å². The molecule has 3 nitrogen and oxygen atoms in total. The zero-order valence-corrected chi connectivity index (χ0v) is 11.3. The molecule has 2 rings (SSSR count). The molecule has 0 amide bonds. The van der Waals surface area contributed by atoms with E-state index >= 15 is 0 Å². The van der Waals surface area contributed by atoms with Crippen LogP contribution in [0.15, 0.2) is 30.3 Å². The first-order valence-corrected chi connectivity index (χ1v) is 6.88. The van der Waals surface area contributed by atoms with Crippen LogP contribution in [0, 0.1) is 0 Å². The van der Waals surface area contributed by atoms with Gasteiger partial charge in [0.15, 0.2) is 0 Å². The smallest absolute Gasteiger partial charge is 0.0620 e. The third-order valence-corrected chi connectivity index (χ3v) is 3.37. The molecule has 1 aromatic carbocycles. The molecule has 1 aromatic rings. The molecule has 1 aliphatic rings. The fourth-order valence-electron chi connectivity index (χ4n) is 2.32. The average molecular weight is 248 g/mol. The predicted octanol–water partition coefficient (Wildman–Crippen LogP) is 1.89. The lowest BCUT2D eigenvalue weighted by Crippen LogP contribution is -2.32. The molecule has 1 fully saturated rings. The highest BCUT2D eigenvalue weighted by atomic mass is 16.5. The summed E-state index contributed by atoms with van der Waals surface area (Å²) in [6.45, 7) is 5.07. The summed E-state index contributed by atoms with van der Waals surface area (Å²) in [5.41, 5.74) is 1.39. The minimum Gasteiger partial charge on any atom is -0.380 e. The van der Waals surface area contributed by atoms with Crippen molar-refractivity contribution >= 4 is 0 Å². The summed E-state index contributed by atoms with van der Waals surface area (Å²) in [4.78, 5) is 2.38. The highest BCUT2D eigenvalue weighted by Crippen LogP contribution is 2.04. The van der Waals surface area contributed by atoms with Gasteiger partial charge in [-0.2, -0.15) is 0 Å². The van der Waals surface area contributed by atoms with Crippen molar-refractivity contribution in [1.29, 1.82) is 0 Å². The lowest BCUT2D eigenvalue weighted by atomic mass is 10.2. The van der Waals surface area contributed by atoms with Crippen LogP contribution in [0.4, 0.5) is 0 Å². The van der Waals surface area contributed by atoms with Crippen LogP contribution in [-0.2, 0) is 11.3 Å². The first-order chi connectivity index (χ1) is 8.84. The molecule has 1 unspecified atom stereocenters. The molecule has 0 saturated carbocycles. The van der Waals surface area contributed by atoms with Gasteiger partial charge in [-0.3, -0.25) is 0 Å². The van der Waals surface area contributed by atoms with Gasteiger partial charge in [0.25, 0.3) is 0 Å². The fourth-order valence-corrected chi connectivity index (χ4v) is 2.32. The number of ether oxygens (including phenoxy) is 1. The monoisotopic (exact) mass is 248 g/mol. The summed E-state index contributed by atoms with van der Waals surface area (Å²) in [6.07, 6.45) is 2.36. The Hall–Kier alpha value is -0.900. The second-order valence-electron chi connectivity index (χ2n) is 5.09. The Bertz CT molecular complexity index is 323. The van der Waals surface area contributed by atoms with Crippen LogP contribution in [0.2, 0.25) is 0 Å². The van der Waals surface area contributed by atoms with E-state index in [1.807, 2.05) is 0 Å². The summed E-state index contributed by atoms with van der Waals surface area (Å²) in [5.74, 6) is 0. The Morgan fingerprint density at radius 1 is 1.33 bits per heavy atom. The molecule has 1 saturated heterocycles. The Morgan fingerprint density at radius 2 is 2.17 bits per heavy atom. The lowest BCUT2D eigenvalue weighted by Gasteiger charge is -2.17. The van der Waals surface area contributed by atoms with Crippen LogP contribution >= 0.6 is 0 Å². The van der Waals surface area contributed by atoms with E-state index in [1.165, 1.54) is 18.4 Å². The predicted molar refractivity (Wildman–Crippen MR) is 74.6 cm³/mol. The number of hydrogen-bond donors (Lipinski definition) is 1. The number of benzene rings is 1. The van der Waals surface area contributed by atoms with Gasteiger partial charge >= 0.3 is 0 Å². The van der Waals surface area contributed by atoms with E-state index in [2.05, 4.69) is 47.6 Å².